The van der Waals surface area contributed by atoms with Gasteiger partial charge in [0, 0.05) is 13.1 Å². The second-order valence-corrected chi connectivity index (χ2v) is 5.11. The molecule has 5 heteroatoms. The molecule has 0 fully saturated rings. The summed E-state index contributed by atoms with van der Waals surface area (Å²) in [7, 11) is 0. The smallest absolute Gasteiger partial charge is 0.316 e. The van der Waals surface area contributed by atoms with Gasteiger partial charge in [-0.2, -0.15) is 0 Å². The lowest BCUT2D eigenvalue weighted by Crippen LogP contribution is -2.30. The Morgan fingerprint density at radius 1 is 1.05 bits per heavy atom. The molecule has 1 aliphatic rings. The van der Waals surface area contributed by atoms with E-state index in [1.807, 2.05) is 24.3 Å². The van der Waals surface area contributed by atoms with Gasteiger partial charge in [-0.3, -0.25) is 0 Å². The van der Waals surface area contributed by atoms with Crippen LogP contribution in [-0.4, -0.2) is 10.9 Å². The van der Waals surface area contributed by atoms with Crippen LogP contribution in [0.25, 0.3) is 0 Å². The summed E-state index contributed by atoms with van der Waals surface area (Å²) in [6, 6.07) is 10.1. The molecule has 2 aromatic carbocycles. The van der Waals surface area contributed by atoms with E-state index in [9.17, 15) is 13.6 Å². The van der Waals surface area contributed by atoms with Crippen molar-refractivity contribution in [3.05, 3.63) is 64.7 Å². The Morgan fingerprint density at radius 3 is 2.29 bits per heavy atom. The second kappa shape index (κ2) is 5.16. The van der Waals surface area contributed by atoms with Crippen molar-refractivity contribution >= 4 is 11.7 Å². The number of carbonyl (C=O) groups excluding carboxylic acids is 1. The molecule has 0 unspecified atom stereocenters. The third-order valence-electron chi connectivity index (χ3n) is 3.64. The van der Waals surface area contributed by atoms with Gasteiger partial charge in [0.05, 0.1) is 5.69 Å². The average Bonchev–Trinajstić information content (AvgIpc) is 2.92. The van der Waals surface area contributed by atoms with Gasteiger partial charge in [0.2, 0.25) is 0 Å². The van der Waals surface area contributed by atoms with E-state index in [1.165, 1.54) is 19.1 Å². The van der Waals surface area contributed by atoms with Crippen LogP contribution in [0.4, 0.5) is 19.3 Å². The van der Waals surface area contributed by atoms with Gasteiger partial charge in [-0.25, -0.2) is 13.6 Å². The van der Waals surface area contributed by atoms with Crippen LogP contribution < -0.4 is 5.32 Å². The lowest BCUT2D eigenvalue weighted by atomic mass is 10.1. The Labute approximate surface area is 121 Å². The van der Waals surface area contributed by atoms with Crippen LogP contribution in [0, 0.1) is 18.6 Å². The molecule has 108 valence electrons. The normalized spacial score (nSPS) is 13.2. The number of benzene rings is 2. The highest BCUT2D eigenvalue weighted by molar-refractivity contribution is 5.89. The molecule has 0 saturated heterocycles. The van der Waals surface area contributed by atoms with E-state index in [1.54, 1.807) is 4.90 Å². The first-order chi connectivity index (χ1) is 10.1. The molecule has 1 heterocycles. The highest BCUT2D eigenvalue weighted by Gasteiger charge is 2.24. The van der Waals surface area contributed by atoms with Gasteiger partial charge in [-0.15, -0.1) is 0 Å². The summed E-state index contributed by atoms with van der Waals surface area (Å²) in [6.45, 7) is 2.41. The summed E-state index contributed by atoms with van der Waals surface area (Å²) in [5, 5.41) is 2.43. The first-order valence-electron chi connectivity index (χ1n) is 6.63. The minimum atomic E-state index is -1.03. The molecule has 1 aliphatic heterocycles. The Bertz CT molecular complexity index is 690. The lowest BCUT2D eigenvalue weighted by molar-refractivity contribution is 0.212. The summed E-state index contributed by atoms with van der Waals surface area (Å²) >= 11 is 0. The maximum absolute atomic E-state index is 13.8. The van der Waals surface area contributed by atoms with Gasteiger partial charge in [0.25, 0.3) is 0 Å². The monoisotopic (exact) mass is 288 g/mol. The Morgan fingerprint density at radius 2 is 1.67 bits per heavy atom. The highest BCUT2D eigenvalue weighted by atomic mass is 19.2. The number of carbonyl (C=O) groups is 1. The number of urea groups is 1. The number of halogens is 2. The number of hydrogen-bond donors (Lipinski definition) is 1. The Hall–Kier alpha value is -2.43. The first kappa shape index (κ1) is 13.5. The van der Waals surface area contributed by atoms with Crippen LogP contribution in [0.1, 0.15) is 16.7 Å². The minimum absolute atomic E-state index is 0.140. The van der Waals surface area contributed by atoms with Gasteiger partial charge in [-0.05, 0) is 29.7 Å². The molecule has 21 heavy (non-hydrogen) atoms. The molecule has 2 amide bonds. The zero-order valence-electron chi connectivity index (χ0n) is 11.5. The van der Waals surface area contributed by atoms with Gasteiger partial charge >= 0.3 is 6.03 Å². The topological polar surface area (TPSA) is 32.3 Å². The molecule has 3 nitrogen and oxygen atoms in total. The second-order valence-electron chi connectivity index (χ2n) is 5.11. The van der Waals surface area contributed by atoms with E-state index in [4.69, 9.17) is 0 Å². The SMILES string of the molecule is Cc1ccc(NC(=O)N2Cc3ccccc3C2)c(F)c1F. The van der Waals surface area contributed by atoms with Gasteiger partial charge in [-0.1, -0.05) is 30.3 Å². The number of rotatable bonds is 1. The molecule has 3 rings (SSSR count). The van der Waals surface area contributed by atoms with E-state index < -0.39 is 17.7 Å². The summed E-state index contributed by atoms with van der Waals surface area (Å²) in [4.78, 5) is 13.7. The number of anilines is 1. The first-order valence-corrected chi connectivity index (χ1v) is 6.63. The Kier molecular flexibility index (Phi) is 3.33. The van der Waals surface area contributed by atoms with Crippen molar-refractivity contribution < 1.29 is 13.6 Å². The number of amides is 2. The molecular formula is C16H14F2N2O. The summed E-state index contributed by atoms with van der Waals surface area (Å²) in [5.41, 5.74) is 2.21. The van der Waals surface area contributed by atoms with Crippen molar-refractivity contribution in [3.8, 4) is 0 Å². The summed E-state index contributed by atoms with van der Waals surface area (Å²) in [5.74, 6) is -1.96. The van der Waals surface area contributed by atoms with E-state index in [-0.39, 0.29) is 11.3 Å². The maximum Gasteiger partial charge on any atom is 0.322 e. The highest BCUT2D eigenvalue weighted by Crippen LogP contribution is 2.24. The average molecular weight is 288 g/mol. The van der Waals surface area contributed by atoms with E-state index in [0.29, 0.717) is 13.1 Å². The van der Waals surface area contributed by atoms with Crippen LogP contribution >= 0.6 is 0 Å². The third-order valence-corrected chi connectivity index (χ3v) is 3.64. The van der Waals surface area contributed by atoms with Crippen LogP contribution in [0.5, 0.6) is 0 Å². The summed E-state index contributed by atoms with van der Waals surface area (Å²) in [6.07, 6.45) is 0. The van der Waals surface area contributed by atoms with E-state index in [0.717, 1.165) is 11.1 Å². The molecule has 0 bridgehead atoms. The van der Waals surface area contributed by atoms with Crippen molar-refractivity contribution in [1.82, 2.24) is 4.90 Å². The fourth-order valence-corrected chi connectivity index (χ4v) is 2.41. The third kappa shape index (κ3) is 2.46. The standard InChI is InChI=1S/C16H14F2N2O/c1-10-6-7-13(15(18)14(10)17)19-16(21)20-8-11-4-2-3-5-12(11)9-20/h2-7H,8-9H2,1H3,(H,19,21). The molecular weight excluding hydrogens is 274 g/mol. The van der Waals surface area contributed by atoms with Crippen molar-refractivity contribution in [3.63, 3.8) is 0 Å². The largest absolute Gasteiger partial charge is 0.322 e. The zero-order chi connectivity index (χ0) is 15.0. The molecule has 0 radical (unpaired) electrons. The number of fused-ring (bicyclic) bond motifs is 1. The molecule has 1 N–H and O–H groups in total. The lowest BCUT2D eigenvalue weighted by Gasteiger charge is -2.17. The fourth-order valence-electron chi connectivity index (χ4n) is 2.41. The van der Waals surface area contributed by atoms with Crippen molar-refractivity contribution in [1.29, 1.82) is 0 Å². The van der Waals surface area contributed by atoms with E-state index in [2.05, 4.69) is 5.32 Å². The molecule has 2 aromatic rings. The Balaban J connectivity index is 1.76. The van der Waals surface area contributed by atoms with Crippen LogP contribution in [-0.2, 0) is 13.1 Å². The fraction of sp³-hybridized carbons (Fsp3) is 0.188. The van der Waals surface area contributed by atoms with Crippen LogP contribution in [0.2, 0.25) is 0 Å². The maximum atomic E-state index is 13.8. The van der Waals surface area contributed by atoms with Crippen LogP contribution in [0.15, 0.2) is 36.4 Å². The zero-order valence-corrected chi connectivity index (χ0v) is 11.5. The van der Waals surface area contributed by atoms with Gasteiger partial charge < -0.3 is 10.2 Å². The van der Waals surface area contributed by atoms with Gasteiger partial charge in [0.1, 0.15) is 0 Å². The molecule has 0 atom stereocenters. The van der Waals surface area contributed by atoms with Gasteiger partial charge in [0.15, 0.2) is 11.6 Å². The van der Waals surface area contributed by atoms with Crippen molar-refractivity contribution in [2.24, 2.45) is 0 Å². The number of hydrogen-bond acceptors (Lipinski definition) is 1. The molecule has 0 aliphatic carbocycles. The summed E-state index contributed by atoms with van der Waals surface area (Å²) < 4.78 is 27.3. The van der Waals surface area contributed by atoms with Crippen molar-refractivity contribution in [2.45, 2.75) is 20.0 Å². The number of nitrogens with zero attached hydrogens (tertiary/aromatic N) is 1. The molecule has 0 saturated carbocycles. The predicted molar refractivity (Wildman–Crippen MR) is 75.8 cm³/mol. The number of aryl methyl sites for hydroxylation is 1. The van der Waals surface area contributed by atoms with Crippen LogP contribution in [0.3, 0.4) is 0 Å². The number of nitrogens with one attached hydrogen (secondary N) is 1. The van der Waals surface area contributed by atoms with Crippen molar-refractivity contribution in [2.75, 3.05) is 5.32 Å². The van der Waals surface area contributed by atoms with E-state index >= 15 is 0 Å². The molecule has 0 aromatic heterocycles. The minimum Gasteiger partial charge on any atom is -0.316 e. The quantitative estimate of drug-likeness (QED) is 0.850. The predicted octanol–water partition coefficient (Wildman–Crippen LogP) is 3.82. The molecule has 0 spiro atoms.